The van der Waals surface area contributed by atoms with Crippen molar-refractivity contribution >= 4 is 45.3 Å². The van der Waals surface area contributed by atoms with Gasteiger partial charge in [0.15, 0.2) is 0 Å². The lowest BCUT2D eigenvalue weighted by Crippen LogP contribution is -2.58. The minimum Gasteiger partial charge on any atom is -0.368 e. The third-order valence-electron chi connectivity index (χ3n) is 10.2. The highest BCUT2D eigenvalue weighted by Gasteiger charge is 2.32. The first kappa shape index (κ1) is 36.3. The highest BCUT2D eigenvalue weighted by molar-refractivity contribution is 5.95. The van der Waals surface area contributed by atoms with Crippen LogP contribution in [0.2, 0.25) is 0 Å². The first-order chi connectivity index (χ1) is 25.2. The second-order valence-corrected chi connectivity index (χ2v) is 14.1. The fourth-order valence-corrected chi connectivity index (χ4v) is 7.33. The fraction of sp³-hybridized carbons (Fsp3) is 0.333. The number of rotatable bonds is 15. The zero-order valence-corrected chi connectivity index (χ0v) is 29.4. The van der Waals surface area contributed by atoms with E-state index in [1.807, 2.05) is 103 Å². The molecule has 0 radical (unpaired) electrons. The van der Waals surface area contributed by atoms with Gasteiger partial charge < -0.3 is 32.4 Å². The van der Waals surface area contributed by atoms with E-state index in [1.54, 1.807) is 0 Å². The number of aromatic amines is 1. The average molecular weight is 701 g/mol. The summed E-state index contributed by atoms with van der Waals surface area (Å²) in [5, 5.41) is 11.7. The van der Waals surface area contributed by atoms with Gasteiger partial charge in [0.25, 0.3) is 0 Å². The number of benzene rings is 4. The summed E-state index contributed by atoms with van der Waals surface area (Å²) >= 11 is 0. The standard InChI is InChI=1S/C42H48N6O4/c43-34(22-27-11-3-1-4-12-27)40(50)47-37(24-29-19-20-30-15-7-8-16-31(30)21-29)41(51)48-38(25-32-26-45-35-18-10-9-17-33(32)35)42(52)46-36(39(44)49)23-28-13-5-2-6-14-28/h1,3-4,7-12,15-21,26,28,34,36-38,45H,2,5-6,13-14,22-25,43H2,(H2,44,49)(H,46,52)(H,47,50)(H,48,51)/t34-,36-,37-,38+/m0/s1. The van der Waals surface area contributed by atoms with E-state index >= 15 is 0 Å². The summed E-state index contributed by atoms with van der Waals surface area (Å²) in [5.41, 5.74) is 15.6. The van der Waals surface area contributed by atoms with Gasteiger partial charge in [-0.3, -0.25) is 19.2 Å². The maximum atomic E-state index is 14.3. The van der Waals surface area contributed by atoms with E-state index in [0.29, 0.717) is 6.42 Å². The largest absolute Gasteiger partial charge is 0.368 e. The SMILES string of the molecule is NC(=O)[C@H](CC1CCCCC1)NC(=O)[C@@H](Cc1c[nH]c2ccccc12)NC(=O)[C@H](Cc1ccc2ccccc2c1)NC(=O)[C@@H](N)Cc1ccccc1. The number of primary amides is 1. The number of amides is 4. The van der Waals surface area contributed by atoms with Gasteiger partial charge in [-0.2, -0.15) is 0 Å². The summed E-state index contributed by atoms with van der Waals surface area (Å²) in [6.45, 7) is 0. The van der Waals surface area contributed by atoms with Crippen LogP contribution in [0.4, 0.5) is 0 Å². The predicted molar refractivity (Wildman–Crippen MR) is 204 cm³/mol. The molecule has 270 valence electrons. The van der Waals surface area contributed by atoms with Crippen LogP contribution in [-0.2, 0) is 38.4 Å². The Labute approximate surface area is 304 Å². The van der Waals surface area contributed by atoms with Gasteiger partial charge in [-0.1, -0.05) is 123 Å². The number of hydrogen-bond donors (Lipinski definition) is 6. The number of hydrogen-bond acceptors (Lipinski definition) is 5. The van der Waals surface area contributed by atoms with E-state index in [9.17, 15) is 19.2 Å². The van der Waals surface area contributed by atoms with Gasteiger partial charge in [-0.05, 0) is 52.3 Å². The number of para-hydroxylation sites is 1. The average Bonchev–Trinajstić information content (AvgIpc) is 3.57. The molecule has 0 unspecified atom stereocenters. The Bertz CT molecular complexity index is 2000. The van der Waals surface area contributed by atoms with E-state index in [0.717, 1.165) is 70.5 Å². The summed E-state index contributed by atoms with van der Waals surface area (Å²) in [4.78, 5) is 57.8. The predicted octanol–water partition coefficient (Wildman–Crippen LogP) is 4.59. The molecule has 1 aliphatic carbocycles. The lowest BCUT2D eigenvalue weighted by atomic mass is 9.84. The van der Waals surface area contributed by atoms with Gasteiger partial charge in [0.1, 0.15) is 18.1 Å². The molecule has 0 saturated heterocycles. The van der Waals surface area contributed by atoms with Gasteiger partial charge in [0, 0.05) is 29.9 Å². The molecule has 1 saturated carbocycles. The number of nitrogens with two attached hydrogens (primary N) is 2. The number of aromatic nitrogens is 1. The van der Waals surface area contributed by atoms with Crippen molar-refractivity contribution in [1.29, 1.82) is 0 Å². The minimum absolute atomic E-state index is 0.140. The number of fused-ring (bicyclic) bond motifs is 2. The molecule has 1 heterocycles. The van der Waals surface area contributed by atoms with E-state index in [-0.39, 0.29) is 25.2 Å². The number of nitrogens with one attached hydrogen (secondary N) is 4. The second kappa shape index (κ2) is 17.2. The fourth-order valence-electron chi connectivity index (χ4n) is 7.33. The molecule has 10 nitrogen and oxygen atoms in total. The Morgan fingerprint density at radius 3 is 2.04 bits per heavy atom. The van der Waals surface area contributed by atoms with Crippen molar-refractivity contribution in [3.05, 3.63) is 120 Å². The van der Waals surface area contributed by atoms with Crippen LogP contribution >= 0.6 is 0 Å². The highest BCUT2D eigenvalue weighted by atomic mass is 16.2. The molecule has 10 heteroatoms. The van der Waals surface area contributed by atoms with Gasteiger partial charge in [-0.25, -0.2) is 0 Å². The van der Waals surface area contributed by atoms with Crippen molar-refractivity contribution < 1.29 is 19.2 Å². The third kappa shape index (κ3) is 9.44. The van der Waals surface area contributed by atoms with Gasteiger partial charge in [0.05, 0.1) is 6.04 Å². The third-order valence-corrected chi connectivity index (χ3v) is 10.2. The van der Waals surface area contributed by atoms with E-state index in [1.165, 1.54) is 0 Å². The zero-order valence-electron chi connectivity index (χ0n) is 29.4. The molecule has 0 aliphatic heterocycles. The highest BCUT2D eigenvalue weighted by Crippen LogP contribution is 2.27. The summed E-state index contributed by atoms with van der Waals surface area (Å²) in [6.07, 6.45) is 8.17. The molecule has 52 heavy (non-hydrogen) atoms. The van der Waals surface area contributed by atoms with Crippen molar-refractivity contribution in [1.82, 2.24) is 20.9 Å². The van der Waals surface area contributed by atoms with Crippen molar-refractivity contribution in [2.24, 2.45) is 17.4 Å². The lowest BCUT2D eigenvalue weighted by molar-refractivity contribution is -0.133. The molecule has 8 N–H and O–H groups in total. The van der Waals surface area contributed by atoms with Crippen LogP contribution in [0.3, 0.4) is 0 Å². The minimum atomic E-state index is -1.08. The topological polar surface area (TPSA) is 172 Å². The Hall–Kier alpha value is -5.48. The van der Waals surface area contributed by atoms with E-state index in [4.69, 9.17) is 11.5 Å². The van der Waals surface area contributed by atoms with Crippen molar-refractivity contribution in [2.45, 2.75) is 82.0 Å². The Morgan fingerprint density at radius 2 is 1.29 bits per heavy atom. The summed E-state index contributed by atoms with van der Waals surface area (Å²) in [5.74, 6) is -1.87. The van der Waals surface area contributed by atoms with Crippen LogP contribution in [0, 0.1) is 5.92 Å². The van der Waals surface area contributed by atoms with Crippen LogP contribution in [-0.4, -0.2) is 52.8 Å². The molecule has 1 aliphatic rings. The second-order valence-electron chi connectivity index (χ2n) is 14.1. The van der Waals surface area contributed by atoms with Crippen LogP contribution in [0.15, 0.2) is 103 Å². The smallest absolute Gasteiger partial charge is 0.243 e. The molecule has 4 amide bonds. The lowest BCUT2D eigenvalue weighted by Gasteiger charge is -2.28. The summed E-state index contributed by atoms with van der Waals surface area (Å²) < 4.78 is 0. The molecular formula is C42H48N6O4. The van der Waals surface area contributed by atoms with Crippen LogP contribution in [0.1, 0.15) is 55.2 Å². The number of carbonyl (C=O) groups is 4. The molecule has 4 aromatic carbocycles. The molecule has 4 atom stereocenters. The number of carbonyl (C=O) groups excluding carboxylic acids is 4. The van der Waals surface area contributed by atoms with E-state index < -0.39 is 47.8 Å². The van der Waals surface area contributed by atoms with Crippen LogP contribution < -0.4 is 27.4 Å². The normalized spacial score (nSPS) is 15.7. The van der Waals surface area contributed by atoms with Gasteiger partial charge in [-0.15, -0.1) is 0 Å². The Balaban J connectivity index is 1.26. The maximum absolute atomic E-state index is 14.3. The number of H-pyrrole nitrogens is 1. The monoisotopic (exact) mass is 700 g/mol. The first-order valence-electron chi connectivity index (χ1n) is 18.3. The quantitative estimate of drug-likeness (QED) is 0.0937. The van der Waals surface area contributed by atoms with E-state index in [2.05, 4.69) is 20.9 Å². The molecule has 6 rings (SSSR count). The van der Waals surface area contributed by atoms with Crippen LogP contribution in [0.5, 0.6) is 0 Å². The molecule has 1 aromatic heterocycles. The maximum Gasteiger partial charge on any atom is 0.243 e. The Morgan fingerprint density at radius 1 is 0.654 bits per heavy atom. The molecule has 1 fully saturated rings. The van der Waals surface area contributed by atoms with Crippen molar-refractivity contribution in [3.8, 4) is 0 Å². The van der Waals surface area contributed by atoms with Crippen LogP contribution in [0.25, 0.3) is 21.7 Å². The summed E-state index contributed by atoms with van der Waals surface area (Å²) in [6, 6.07) is 27.1. The molecule has 5 aromatic rings. The van der Waals surface area contributed by atoms with Crippen molar-refractivity contribution in [2.75, 3.05) is 0 Å². The zero-order chi connectivity index (χ0) is 36.5. The van der Waals surface area contributed by atoms with Crippen molar-refractivity contribution in [3.63, 3.8) is 0 Å². The first-order valence-corrected chi connectivity index (χ1v) is 18.3. The summed E-state index contributed by atoms with van der Waals surface area (Å²) in [7, 11) is 0. The van der Waals surface area contributed by atoms with Gasteiger partial charge in [0.2, 0.25) is 23.6 Å². The Kier molecular flexibility index (Phi) is 12.0. The molecular weight excluding hydrogens is 653 g/mol. The van der Waals surface area contributed by atoms with Gasteiger partial charge >= 0.3 is 0 Å². The molecule has 0 bridgehead atoms. The molecule has 0 spiro atoms.